The Hall–Kier alpha value is -1.84. The highest BCUT2D eigenvalue weighted by Crippen LogP contribution is 2.27. The predicted molar refractivity (Wildman–Crippen MR) is 50.0 cm³/mol. The number of hydrogen-bond donors (Lipinski definition) is 0. The second-order valence-corrected chi connectivity index (χ2v) is 3.35. The van der Waals surface area contributed by atoms with Crippen LogP contribution < -0.4 is 0 Å². The number of carbonyl (C=O) groups excluding carboxylic acids is 1. The standard InChI is InChI=1S/C10H8N2O2/c13-9-6-12-5-7-3-1-2-4-8(7)11-10(12)14-9/h1-4H,5-6H2. The Bertz CT molecular complexity index is 440. The van der Waals surface area contributed by atoms with E-state index >= 15 is 0 Å². The summed E-state index contributed by atoms with van der Waals surface area (Å²) in [7, 11) is 0. The molecule has 70 valence electrons. The van der Waals surface area contributed by atoms with E-state index in [1.807, 2.05) is 29.2 Å². The minimum Gasteiger partial charge on any atom is -0.391 e. The number of rotatable bonds is 0. The van der Waals surface area contributed by atoms with E-state index in [9.17, 15) is 4.79 Å². The molecule has 14 heavy (non-hydrogen) atoms. The van der Waals surface area contributed by atoms with E-state index < -0.39 is 0 Å². The van der Waals surface area contributed by atoms with Gasteiger partial charge in [-0.1, -0.05) is 18.2 Å². The summed E-state index contributed by atoms with van der Waals surface area (Å²) in [6.07, 6.45) is 0. The first kappa shape index (κ1) is 7.55. The average Bonchev–Trinajstić information content (AvgIpc) is 2.53. The smallest absolute Gasteiger partial charge is 0.333 e. The maximum atomic E-state index is 11.0. The first-order valence-corrected chi connectivity index (χ1v) is 4.45. The number of para-hydroxylation sites is 1. The van der Waals surface area contributed by atoms with Crippen LogP contribution in [0.5, 0.6) is 0 Å². The SMILES string of the molecule is O=C1CN2Cc3ccccc3N=C2O1. The Kier molecular flexibility index (Phi) is 1.39. The quantitative estimate of drug-likeness (QED) is 0.571. The van der Waals surface area contributed by atoms with Crippen molar-refractivity contribution in [2.75, 3.05) is 6.54 Å². The van der Waals surface area contributed by atoms with Crippen LogP contribution in [0.1, 0.15) is 5.56 Å². The van der Waals surface area contributed by atoms with Gasteiger partial charge >= 0.3 is 12.0 Å². The Morgan fingerprint density at radius 1 is 1.29 bits per heavy atom. The van der Waals surface area contributed by atoms with Gasteiger partial charge in [-0.15, -0.1) is 0 Å². The summed E-state index contributed by atoms with van der Waals surface area (Å²) in [5.74, 6) is -0.225. The zero-order chi connectivity index (χ0) is 9.54. The number of esters is 1. The predicted octanol–water partition coefficient (Wildman–Crippen LogP) is 1.05. The van der Waals surface area contributed by atoms with E-state index in [1.54, 1.807) is 0 Å². The van der Waals surface area contributed by atoms with Crippen molar-refractivity contribution in [3.05, 3.63) is 29.8 Å². The van der Waals surface area contributed by atoms with Crippen molar-refractivity contribution in [3.63, 3.8) is 0 Å². The van der Waals surface area contributed by atoms with Gasteiger partial charge < -0.3 is 9.64 Å². The molecule has 4 heteroatoms. The average molecular weight is 188 g/mol. The van der Waals surface area contributed by atoms with Gasteiger partial charge in [0.05, 0.1) is 12.2 Å². The summed E-state index contributed by atoms with van der Waals surface area (Å²) in [6, 6.07) is 8.27. The lowest BCUT2D eigenvalue weighted by atomic mass is 10.1. The van der Waals surface area contributed by atoms with Crippen LogP contribution in [0.3, 0.4) is 0 Å². The van der Waals surface area contributed by atoms with Gasteiger partial charge in [0.15, 0.2) is 0 Å². The molecule has 0 aliphatic carbocycles. The number of hydrogen-bond acceptors (Lipinski definition) is 4. The van der Waals surface area contributed by atoms with Crippen LogP contribution in [0.2, 0.25) is 0 Å². The molecule has 0 unspecified atom stereocenters. The number of fused-ring (bicyclic) bond motifs is 2. The van der Waals surface area contributed by atoms with Crippen LogP contribution in [0, 0.1) is 0 Å². The highest BCUT2D eigenvalue weighted by molar-refractivity contribution is 5.97. The summed E-state index contributed by atoms with van der Waals surface area (Å²) in [5.41, 5.74) is 2.03. The fraction of sp³-hybridized carbons (Fsp3) is 0.200. The first-order valence-electron chi connectivity index (χ1n) is 4.45. The van der Waals surface area contributed by atoms with Crippen molar-refractivity contribution in [1.29, 1.82) is 0 Å². The highest BCUT2D eigenvalue weighted by atomic mass is 16.6. The van der Waals surface area contributed by atoms with Crippen molar-refractivity contribution in [2.45, 2.75) is 6.54 Å². The van der Waals surface area contributed by atoms with Crippen LogP contribution in [0.4, 0.5) is 5.69 Å². The van der Waals surface area contributed by atoms with Gasteiger partial charge in [-0.05, 0) is 11.6 Å². The van der Waals surface area contributed by atoms with Gasteiger partial charge in [0.2, 0.25) is 0 Å². The Morgan fingerprint density at radius 3 is 3.07 bits per heavy atom. The lowest BCUT2D eigenvalue weighted by Crippen LogP contribution is -2.27. The molecular formula is C10H8N2O2. The van der Waals surface area contributed by atoms with Crippen molar-refractivity contribution in [2.24, 2.45) is 4.99 Å². The van der Waals surface area contributed by atoms with Crippen LogP contribution in [-0.2, 0) is 16.1 Å². The second-order valence-electron chi connectivity index (χ2n) is 3.35. The van der Waals surface area contributed by atoms with E-state index in [0.29, 0.717) is 19.1 Å². The third-order valence-electron chi connectivity index (χ3n) is 2.36. The van der Waals surface area contributed by atoms with E-state index in [4.69, 9.17) is 4.74 Å². The number of ether oxygens (including phenoxy) is 1. The summed E-state index contributed by atoms with van der Waals surface area (Å²) >= 11 is 0. The molecule has 2 aliphatic rings. The molecule has 0 bridgehead atoms. The lowest BCUT2D eigenvalue weighted by Gasteiger charge is -2.20. The zero-order valence-electron chi connectivity index (χ0n) is 7.43. The monoisotopic (exact) mass is 188 g/mol. The first-order chi connectivity index (χ1) is 6.83. The number of nitrogens with zero attached hydrogens (tertiary/aromatic N) is 2. The van der Waals surface area contributed by atoms with E-state index in [0.717, 1.165) is 11.3 Å². The topological polar surface area (TPSA) is 41.9 Å². The second kappa shape index (κ2) is 2.57. The molecule has 0 saturated carbocycles. The van der Waals surface area contributed by atoms with E-state index in [-0.39, 0.29) is 5.97 Å². The van der Waals surface area contributed by atoms with E-state index in [2.05, 4.69) is 4.99 Å². The van der Waals surface area contributed by atoms with Crippen LogP contribution in [0.25, 0.3) is 0 Å². The molecule has 4 nitrogen and oxygen atoms in total. The number of carbonyl (C=O) groups is 1. The van der Waals surface area contributed by atoms with Gasteiger partial charge in [-0.25, -0.2) is 4.79 Å². The number of benzene rings is 1. The van der Waals surface area contributed by atoms with Crippen molar-refractivity contribution < 1.29 is 9.53 Å². The summed E-state index contributed by atoms with van der Waals surface area (Å²) in [5, 5.41) is 0. The molecule has 1 aromatic rings. The molecule has 0 radical (unpaired) electrons. The number of amidine groups is 1. The molecule has 3 rings (SSSR count). The summed E-state index contributed by atoms with van der Waals surface area (Å²) in [6.45, 7) is 1.02. The van der Waals surface area contributed by atoms with Gasteiger partial charge in [-0.3, -0.25) is 0 Å². The fourth-order valence-corrected chi connectivity index (χ4v) is 1.70. The molecule has 0 amide bonds. The summed E-state index contributed by atoms with van der Waals surface area (Å²) < 4.78 is 4.96. The van der Waals surface area contributed by atoms with Gasteiger partial charge in [0, 0.05) is 0 Å². The van der Waals surface area contributed by atoms with Crippen LogP contribution in [0.15, 0.2) is 29.3 Å². The molecule has 2 heterocycles. The van der Waals surface area contributed by atoms with Crippen molar-refractivity contribution >= 4 is 17.7 Å². The van der Waals surface area contributed by atoms with Gasteiger partial charge in [0.1, 0.15) is 6.54 Å². The van der Waals surface area contributed by atoms with Gasteiger partial charge in [-0.2, -0.15) is 4.99 Å². The van der Waals surface area contributed by atoms with Crippen LogP contribution in [-0.4, -0.2) is 23.4 Å². The fourth-order valence-electron chi connectivity index (χ4n) is 1.70. The molecule has 1 saturated heterocycles. The molecule has 0 N–H and O–H groups in total. The molecule has 2 aliphatic heterocycles. The minimum absolute atomic E-state index is 0.225. The third-order valence-corrected chi connectivity index (χ3v) is 2.36. The lowest BCUT2D eigenvalue weighted by molar-refractivity contribution is -0.132. The zero-order valence-corrected chi connectivity index (χ0v) is 7.43. The molecular weight excluding hydrogens is 180 g/mol. The van der Waals surface area contributed by atoms with E-state index in [1.165, 1.54) is 0 Å². The molecule has 0 aromatic heterocycles. The molecule has 0 atom stereocenters. The third kappa shape index (κ3) is 1.00. The highest BCUT2D eigenvalue weighted by Gasteiger charge is 2.31. The molecule has 0 spiro atoms. The maximum Gasteiger partial charge on any atom is 0.333 e. The Morgan fingerprint density at radius 2 is 2.14 bits per heavy atom. The largest absolute Gasteiger partial charge is 0.391 e. The maximum absolute atomic E-state index is 11.0. The van der Waals surface area contributed by atoms with Crippen molar-refractivity contribution in [3.8, 4) is 0 Å². The molecule has 1 aromatic carbocycles. The Labute approximate surface area is 80.8 Å². The molecule has 1 fully saturated rings. The Balaban J connectivity index is 2.07. The van der Waals surface area contributed by atoms with Crippen LogP contribution >= 0.6 is 0 Å². The summed E-state index contributed by atoms with van der Waals surface area (Å²) in [4.78, 5) is 17.1. The van der Waals surface area contributed by atoms with Crippen molar-refractivity contribution in [1.82, 2.24) is 4.90 Å². The normalized spacial score (nSPS) is 18.4. The minimum atomic E-state index is -0.225. The van der Waals surface area contributed by atoms with Gasteiger partial charge in [0.25, 0.3) is 0 Å². The number of aliphatic imine (C=N–C) groups is 1.